The van der Waals surface area contributed by atoms with Crippen LogP contribution in [0.3, 0.4) is 0 Å². The molecule has 22 heavy (non-hydrogen) atoms. The molecule has 0 rings (SSSR count). The summed E-state index contributed by atoms with van der Waals surface area (Å²) in [6.45, 7) is 5.40. The summed E-state index contributed by atoms with van der Waals surface area (Å²) >= 11 is 0. The Morgan fingerprint density at radius 2 is 0.909 bits per heavy atom. The summed E-state index contributed by atoms with van der Waals surface area (Å²) < 4.78 is 0. The molecule has 0 atom stereocenters. The van der Waals surface area contributed by atoms with Crippen LogP contribution in [0.4, 0.5) is 0 Å². The first-order valence-corrected chi connectivity index (χ1v) is 7.97. The van der Waals surface area contributed by atoms with Crippen molar-refractivity contribution in [2.75, 3.05) is 0 Å². The van der Waals surface area contributed by atoms with E-state index < -0.39 is 17.9 Å². The van der Waals surface area contributed by atoms with Crippen molar-refractivity contribution in [2.24, 2.45) is 0 Å². The summed E-state index contributed by atoms with van der Waals surface area (Å²) in [7, 11) is 0. The van der Waals surface area contributed by atoms with Crippen molar-refractivity contribution in [1.29, 1.82) is 0 Å². The lowest BCUT2D eigenvalue weighted by Gasteiger charge is -1.98. The lowest BCUT2D eigenvalue weighted by Crippen LogP contribution is -1.93. The SMILES string of the molecule is CCC(=O)O.CCC(=O)O.CCCCCCCCCC(=O)O. The van der Waals surface area contributed by atoms with E-state index in [0.717, 1.165) is 12.8 Å². The van der Waals surface area contributed by atoms with Crippen LogP contribution >= 0.6 is 0 Å². The minimum atomic E-state index is -0.745. The van der Waals surface area contributed by atoms with Crippen LogP contribution in [-0.2, 0) is 14.4 Å². The van der Waals surface area contributed by atoms with E-state index in [9.17, 15) is 14.4 Å². The first-order valence-electron chi connectivity index (χ1n) is 7.97. The zero-order valence-corrected chi connectivity index (χ0v) is 14.1. The highest BCUT2D eigenvalue weighted by Crippen LogP contribution is 2.07. The van der Waals surface area contributed by atoms with E-state index in [1.165, 1.54) is 32.1 Å². The number of rotatable bonds is 10. The predicted octanol–water partition coefficient (Wildman–Crippen LogP) is 4.17. The van der Waals surface area contributed by atoms with E-state index in [2.05, 4.69) is 6.92 Å². The molecule has 0 aliphatic rings. The molecule has 0 spiro atoms. The van der Waals surface area contributed by atoms with Crippen LogP contribution < -0.4 is 0 Å². The molecule has 0 aromatic carbocycles. The zero-order valence-electron chi connectivity index (χ0n) is 14.1. The molecule has 0 aromatic rings. The quantitative estimate of drug-likeness (QED) is 0.521. The Kier molecular flexibility index (Phi) is 25.0. The predicted molar refractivity (Wildman–Crippen MR) is 86.1 cm³/mol. The van der Waals surface area contributed by atoms with Gasteiger partial charge < -0.3 is 15.3 Å². The average Bonchev–Trinajstić information content (AvgIpc) is 2.47. The van der Waals surface area contributed by atoms with Crippen molar-refractivity contribution in [3.8, 4) is 0 Å². The van der Waals surface area contributed by atoms with Crippen molar-refractivity contribution in [3.05, 3.63) is 0 Å². The largest absolute Gasteiger partial charge is 0.481 e. The summed E-state index contributed by atoms with van der Waals surface area (Å²) in [5.41, 5.74) is 0. The summed E-state index contributed by atoms with van der Waals surface area (Å²) in [4.78, 5) is 28.9. The van der Waals surface area contributed by atoms with Crippen molar-refractivity contribution >= 4 is 17.9 Å². The summed E-state index contributed by atoms with van der Waals surface area (Å²) in [5.74, 6) is -2.15. The van der Waals surface area contributed by atoms with Crippen LogP contribution in [0, 0.1) is 0 Å². The molecule has 0 aliphatic carbocycles. The van der Waals surface area contributed by atoms with Crippen molar-refractivity contribution in [2.45, 2.75) is 85.0 Å². The van der Waals surface area contributed by atoms with E-state index in [1.807, 2.05) is 0 Å². The third-order valence-corrected chi connectivity index (χ3v) is 2.60. The highest BCUT2D eigenvalue weighted by molar-refractivity contribution is 5.66. The monoisotopic (exact) mass is 320 g/mol. The molecule has 0 fully saturated rings. The summed E-state index contributed by atoms with van der Waals surface area (Å²) in [6.07, 6.45) is 9.09. The summed E-state index contributed by atoms with van der Waals surface area (Å²) in [5, 5.41) is 23.8. The molecule has 6 heteroatoms. The second-order valence-electron chi connectivity index (χ2n) is 4.76. The number of carbonyl (C=O) groups is 3. The molecule has 0 heterocycles. The molecule has 0 aliphatic heterocycles. The van der Waals surface area contributed by atoms with Crippen molar-refractivity contribution in [3.63, 3.8) is 0 Å². The van der Waals surface area contributed by atoms with Gasteiger partial charge in [0.15, 0.2) is 0 Å². The molecule has 0 aromatic heterocycles. The molecular formula is C16H32O6. The van der Waals surface area contributed by atoms with Crippen molar-refractivity contribution in [1.82, 2.24) is 0 Å². The highest BCUT2D eigenvalue weighted by atomic mass is 16.4. The van der Waals surface area contributed by atoms with Gasteiger partial charge in [0.25, 0.3) is 0 Å². The second-order valence-corrected chi connectivity index (χ2v) is 4.76. The van der Waals surface area contributed by atoms with Gasteiger partial charge >= 0.3 is 17.9 Å². The van der Waals surface area contributed by atoms with Gasteiger partial charge in [-0.25, -0.2) is 0 Å². The van der Waals surface area contributed by atoms with Gasteiger partial charge in [-0.05, 0) is 6.42 Å². The van der Waals surface area contributed by atoms with Crippen LogP contribution in [0.5, 0.6) is 0 Å². The van der Waals surface area contributed by atoms with E-state index in [1.54, 1.807) is 13.8 Å². The molecule has 0 saturated heterocycles. The Morgan fingerprint density at radius 3 is 1.18 bits per heavy atom. The zero-order chi connectivity index (χ0) is 17.8. The minimum Gasteiger partial charge on any atom is -0.481 e. The van der Waals surface area contributed by atoms with Gasteiger partial charge in [-0.2, -0.15) is 0 Å². The molecule has 0 saturated carbocycles. The fourth-order valence-electron chi connectivity index (χ4n) is 1.23. The molecule has 0 radical (unpaired) electrons. The molecule has 0 amide bonds. The molecular weight excluding hydrogens is 288 g/mol. The molecule has 132 valence electrons. The smallest absolute Gasteiger partial charge is 0.303 e. The van der Waals surface area contributed by atoms with E-state index in [0.29, 0.717) is 6.42 Å². The van der Waals surface area contributed by atoms with E-state index in [4.69, 9.17) is 15.3 Å². The van der Waals surface area contributed by atoms with Crippen LogP contribution in [0.2, 0.25) is 0 Å². The van der Waals surface area contributed by atoms with Crippen LogP contribution in [0.1, 0.15) is 85.0 Å². The Hall–Kier alpha value is -1.59. The standard InChI is InChI=1S/C10H20O2.2C3H6O2/c1-2-3-4-5-6-7-8-9-10(11)12;2*1-2-3(4)5/h2-9H2,1H3,(H,11,12);2*2H2,1H3,(H,4,5). The van der Waals surface area contributed by atoms with E-state index in [-0.39, 0.29) is 12.8 Å². The Balaban J connectivity index is -0.000000298. The maximum Gasteiger partial charge on any atom is 0.303 e. The van der Waals surface area contributed by atoms with Gasteiger partial charge in [0.1, 0.15) is 0 Å². The van der Waals surface area contributed by atoms with Gasteiger partial charge in [0.05, 0.1) is 0 Å². The molecule has 6 nitrogen and oxygen atoms in total. The maximum absolute atomic E-state index is 10.1. The number of carboxylic acid groups (broad SMARTS) is 3. The minimum absolute atomic E-state index is 0.222. The average molecular weight is 320 g/mol. The molecule has 0 unspecified atom stereocenters. The maximum atomic E-state index is 10.1. The third kappa shape index (κ3) is 42.9. The fraction of sp³-hybridized carbons (Fsp3) is 0.812. The lowest BCUT2D eigenvalue weighted by atomic mass is 10.1. The van der Waals surface area contributed by atoms with Gasteiger partial charge in [-0.3, -0.25) is 14.4 Å². The lowest BCUT2D eigenvalue weighted by molar-refractivity contribution is -0.138. The highest BCUT2D eigenvalue weighted by Gasteiger charge is 1.95. The Morgan fingerprint density at radius 1 is 0.591 bits per heavy atom. The van der Waals surface area contributed by atoms with Gasteiger partial charge in [-0.15, -0.1) is 0 Å². The van der Waals surface area contributed by atoms with Crippen LogP contribution in [0.15, 0.2) is 0 Å². The van der Waals surface area contributed by atoms with Gasteiger partial charge in [-0.1, -0.05) is 59.3 Å². The van der Waals surface area contributed by atoms with Gasteiger partial charge in [0.2, 0.25) is 0 Å². The van der Waals surface area contributed by atoms with Crippen LogP contribution in [-0.4, -0.2) is 33.2 Å². The second kappa shape index (κ2) is 21.7. The van der Waals surface area contributed by atoms with Crippen LogP contribution in [0.25, 0.3) is 0 Å². The van der Waals surface area contributed by atoms with Crippen molar-refractivity contribution < 1.29 is 29.7 Å². The summed E-state index contributed by atoms with van der Waals surface area (Å²) in [6, 6.07) is 0. The first-order chi connectivity index (χ1) is 10.3. The first kappa shape index (κ1) is 25.4. The number of aliphatic carboxylic acids is 3. The Labute approximate surface area is 133 Å². The number of hydrogen-bond donors (Lipinski definition) is 3. The number of hydrogen-bond acceptors (Lipinski definition) is 3. The topological polar surface area (TPSA) is 112 Å². The van der Waals surface area contributed by atoms with E-state index >= 15 is 0 Å². The fourth-order valence-corrected chi connectivity index (χ4v) is 1.23. The number of carboxylic acids is 3. The normalized spacial score (nSPS) is 8.86. The molecule has 0 bridgehead atoms. The number of unbranched alkanes of at least 4 members (excludes halogenated alkanes) is 6. The Bertz CT molecular complexity index is 262. The van der Waals surface area contributed by atoms with Gasteiger partial charge in [0, 0.05) is 19.3 Å². The molecule has 3 N–H and O–H groups in total. The third-order valence-electron chi connectivity index (χ3n) is 2.60.